The summed E-state index contributed by atoms with van der Waals surface area (Å²) in [5.74, 6) is 4.40. The number of halogens is 3. The lowest BCUT2D eigenvalue weighted by atomic mass is 9.99. The quantitative estimate of drug-likeness (QED) is 0.490. The molecule has 0 saturated heterocycles. The summed E-state index contributed by atoms with van der Waals surface area (Å²) in [5.41, 5.74) is 4.06. The lowest BCUT2D eigenvalue weighted by Gasteiger charge is -2.17. The van der Waals surface area contributed by atoms with E-state index in [0.717, 1.165) is 15.2 Å². The first-order valence-electron chi connectivity index (χ1n) is 5.75. The van der Waals surface area contributed by atoms with Gasteiger partial charge in [0, 0.05) is 9.64 Å². The Bertz CT molecular complexity index is 558. The van der Waals surface area contributed by atoms with Crippen LogP contribution in [0, 0.1) is 15.2 Å². The van der Waals surface area contributed by atoms with Crippen LogP contribution in [0.1, 0.15) is 17.2 Å². The molecular formula is C14H13F2IN2. The van der Waals surface area contributed by atoms with E-state index in [4.69, 9.17) is 5.84 Å². The molecule has 5 heteroatoms. The van der Waals surface area contributed by atoms with Crippen molar-refractivity contribution in [2.75, 3.05) is 0 Å². The van der Waals surface area contributed by atoms with E-state index in [2.05, 4.69) is 28.0 Å². The third-order valence-corrected chi connectivity index (χ3v) is 3.63. The van der Waals surface area contributed by atoms with Crippen LogP contribution < -0.4 is 11.3 Å². The minimum atomic E-state index is -0.576. The van der Waals surface area contributed by atoms with Crippen molar-refractivity contribution in [2.45, 2.75) is 12.5 Å². The molecule has 0 heterocycles. The van der Waals surface area contributed by atoms with Gasteiger partial charge in [-0.2, -0.15) is 0 Å². The summed E-state index contributed by atoms with van der Waals surface area (Å²) in [6.45, 7) is 0. The highest BCUT2D eigenvalue weighted by Gasteiger charge is 2.13. The topological polar surface area (TPSA) is 38.0 Å². The molecule has 1 unspecified atom stereocenters. The molecule has 0 bridgehead atoms. The number of hydrogen-bond acceptors (Lipinski definition) is 2. The molecule has 0 fully saturated rings. The molecule has 2 aromatic rings. The lowest BCUT2D eigenvalue weighted by molar-refractivity contribution is 0.522. The standard InChI is InChI=1S/C14H13F2IN2/c15-11-4-1-10(13(16)8-11)7-14(19-18)9-2-5-12(17)6-3-9/h1-6,8,14,19H,7,18H2. The molecule has 1 atom stereocenters. The molecule has 3 N–H and O–H groups in total. The molecule has 0 aliphatic rings. The number of hydrogen-bond donors (Lipinski definition) is 2. The summed E-state index contributed by atoms with van der Waals surface area (Å²) >= 11 is 2.21. The predicted molar refractivity (Wildman–Crippen MR) is 79.3 cm³/mol. The second-order valence-corrected chi connectivity index (χ2v) is 5.46. The highest BCUT2D eigenvalue weighted by molar-refractivity contribution is 14.1. The third kappa shape index (κ3) is 3.71. The molecular weight excluding hydrogens is 361 g/mol. The molecule has 0 spiro atoms. The van der Waals surface area contributed by atoms with Gasteiger partial charge in [0.2, 0.25) is 0 Å². The average Bonchev–Trinajstić information content (AvgIpc) is 2.39. The number of rotatable bonds is 4. The van der Waals surface area contributed by atoms with Gasteiger partial charge < -0.3 is 0 Å². The van der Waals surface area contributed by atoms with Gasteiger partial charge in [0.15, 0.2) is 0 Å². The molecule has 0 radical (unpaired) electrons. The minimum absolute atomic E-state index is 0.211. The minimum Gasteiger partial charge on any atom is -0.271 e. The molecule has 0 aromatic heterocycles. The van der Waals surface area contributed by atoms with E-state index in [9.17, 15) is 8.78 Å². The smallest absolute Gasteiger partial charge is 0.129 e. The van der Waals surface area contributed by atoms with Crippen LogP contribution in [0.5, 0.6) is 0 Å². The Morgan fingerprint density at radius 1 is 1.11 bits per heavy atom. The average molecular weight is 374 g/mol. The Hall–Kier alpha value is -1.05. The third-order valence-electron chi connectivity index (χ3n) is 2.91. The summed E-state index contributed by atoms with van der Waals surface area (Å²) < 4.78 is 27.6. The van der Waals surface area contributed by atoms with Gasteiger partial charge in [-0.3, -0.25) is 11.3 Å². The van der Waals surface area contributed by atoms with Gasteiger partial charge in [-0.05, 0) is 58.3 Å². The molecule has 2 rings (SSSR count). The van der Waals surface area contributed by atoms with Crippen LogP contribution in [0.2, 0.25) is 0 Å². The first-order chi connectivity index (χ1) is 9.10. The first kappa shape index (κ1) is 14.4. The summed E-state index contributed by atoms with van der Waals surface area (Å²) in [5, 5.41) is 0. The normalized spacial score (nSPS) is 12.4. The summed E-state index contributed by atoms with van der Waals surface area (Å²) in [4.78, 5) is 0. The van der Waals surface area contributed by atoms with Gasteiger partial charge >= 0.3 is 0 Å². The van der Waals surface area contributed by atoms with E-state index in [1.54, 1.807) is 0 Å². The maximum Gasteiger partial charge on any atom is 0.129 e. The van der Waals surface area contributed by atoms with Gasteiger partial charge in [-0.25, -0.2) is 8.78 Å². The van der Waals surface area contributed by atoms with E-state index >= 15 is 0 Å². The van der Waals surface area contributed by atoms with Crippen molar-refractivity contribution >= 4 is 22.6 Å². The van der Waals surface area contributed by atoms with E-state index in [1.165, 1.54) is 12.1 Å². The fourth-order valence-corrected chi connectivity index (χ4v) is 2.23. The summed E-state index contributed by atoms with van der Waals surface area (Å²) in [6, 6.07) is 11.2. The number of nitrogens with two attached hydrogens (primary N) is 1. The van der Waals surface area contributed by atoms with E-state index < -0.39 is 11.6 Å². The summed E-state index contributed by atoms with van der Waals surface area (Å²) in [7, 11) is 0. The largest absolute Gasteiger partial charge is 0.271 e. The molecule has 2 nitrogen and oxygen atoms in total. The molecule has 19 heavy (non-hydrogen) atoms. The van der Waals surface area contributed by atoms with Gasteiger partial charge in [0.05, 0.1) is 6.04 Å². The predicted octanol–water partition coefficient (Wildman–Crippen LogP) is 3.32. The molecule has 100 valence electrons. The van der Waals surface area contributed by atoms with Gasteiger partial charge in [0.1, 0.15) is 11.6 Å². The zero-order valence-electron chi connectivity index (χ0n) is 10.0. The molecule has 0 aliphatic carbocycles. The second-order valence-electron chi connectivity index (χ2n) is 4.21. The fourth-order valence-electron chi connectivity index (χ4n) is 1.88. The SMILES string of the molecule is NNC(Cc1ccc(F)cc1F)c1ccc(I)cc1. The molecule has 0 amide bonds. The van der Waals surface area contributed by atoms with Gasteiger partial charge in [-0.15, -0.1) is 0 Å². The van der Waals surface area contributed by atoms with Crippen molar-refractivity contribution in [3.8, 4) is 0 Å². The number of benzene rings is 2. The molecule has 0 aliphatic heterocycles. The van der Waals surface area contributed by atoms with Crippen LogP contribution in [0.3, 0.4) is 0 Å². The van der Waals surface area contributed by atoms with Crippen molar-refractivity contribution < 1.29 is 8.78 Å². The van der Waals surface area contributed by atoms with Crippen molar-refractivity contribution in [2.24, 2.45) is 5.84 Å². The van der Waals surface area contributed by atoms with Crippen LogP contribution in [-0.4, -0.2) is 0 Å². The summed E-state index contributed by atoms with van der Waals surface area (Å²) in [6.07, 6.45) is 0.364. The zero-order chi connectivity index (χ0) is 13.8. The Balaban J connectivity index is 2.21. The molecule has 2 aromatic carbocycles. The zero-order valence-corrected chi connectivity index (χ0v) is 12.2. The molecule has 0 saturated carbocycles. The Morgan fingerprint density at radius 2 is 1.79 bits per heavy atom. The van der Waals surface area contributed by atoms with Crippen LogP contribution in [0.25, 0.3) is 0 Å². The second kappa shape index (κ2) is 6.40. The van der Waals surface area contributed by atoms with Gasteiger partial charge in [0.25, 0.3) is 0 Å². The van der Waals surface area contributed by atoms with Crippen LogP contribution in [0.15, 0.2) is 42.5 Å². The Labute approximate surface area is 124 Å². The maximum atomic E-state index is 13.6. The van der Waals surface area contributed by atoms with Crippen molar-refractivity contribution in [3.63, 3.8) is 0 Å². The van der Waals surface area contributed by atoms with E-state index in [1.807, 2.05) is 24.3 Å². The number of nitrogens with one attached hydrogen (secondary N) is 1. The van der Waals surface area contributed by atoms with E-state index in [-0.39, 0.29) is 6.04 Å². The number of hydrazine groups is 1. The highest BCUT2D eigenvalue weighted by atomic mass is 127. The lowest BCUT2D eigenvalue weighted by Crippen LogP contribution is -2.29. The van der Waals surface area contributed by atoms with Gasteiger partial charge in [-0.1, -0.05) is 18.2 Å². The Morgan fingerprint density at radius 3 is 2.37 bits per heavy atom. The highest BCUT2D eigenvalue weighted by Crippen LogP contribution is 2.21. The van der Waals surface area contributed by atoms with Crippen molar-refractivity contribution in [1.29, 1.82) is 0 Å². The van der Waals surface area contributed by atoms with Crippen molar-refractivity contribution in [1.82, 2.24) is 5.43 Å². The maximum absolute atomic E-state index is 13.6. The van der Waals surface area contributed by atoms with E-state index in [0.29, 0.717) is 12.0 Å². The first-order valence-corrected chi connectivity index (χ1v) is 6.83. The Kier molecular flexibility index (Phi) is 4.84. The fraction of sp³-hybridized carbons (Fsp3) is 0.143. The van der Waals surface area contributed by atoms with Crippen LogP contribution in [0.4, 0.5) is 8.78 Å². The van der Waals surface area contributed by atoms with Crippen molar-refractivity contribution in [3.05, 3.63) is 68.8 Å². The van der Waals surface area contributed by atoms with Crippen LogP contribution in [-0.2, 0) is 6.42 Å². The van der Waals surface area contributed by atoms with Crippen LogP contribution >= 0.6 is 22.6 Å². The monoisotopic (exact) mass is 374 g/mol.